The highest BCUT2D eigenvalue weighted by Crippen LogP contribution is 2.25. The van der Waals surface area contributed by atoms with Gasteiger partial charge >= 0.3 is 0 Å². The normalized spacial score (nSPS) is 10.9. The van der Waals surface area contributed by atoms with E-state index in [0.717, 1.165) is 0 Å². The van der Waals surface area contributed by atoms with Gasteiger partial charge in [0, 0.05) is 19.4 Å². The molecule has 0 atom stereocenters. The fourth-order valence-electron chi connectivity index (χ4n) is 2.21. The number of aromatic nitrogens is 1. The molecule has 3 rings (SSSR count). The summed E-state index contributed by atoms with van der Waals surface area (Å²) in [5.41, 5.74) is 3.86. The highest BCUT2D eigenvalue weighted by molar-refractivity contribution is 5.87. The fraction of sp³-hybridized carbons (Fsp3) is 0.125. The first kappa shape index (κ1) is 10.2. The van der Waals surface area contributed by atoms with E-state index in [4.69, 9.17) is 0 Å². The van der Waals surface area contributed by atoms with Crippen LogP contribution in [0.25, 0.3) is 21.9 Å². The second-order valence-electron chi connectivity index (χ2n) is 4.63. The van der Waals surface area contributed by atoms with E-state index in [-0.39, 0.29) is 0 Å². The van der Waals surface area contributed by atoms with Gasteiger partial charge in [0.1, 0.15) is 0 Å². The molecule has 0 spiro atoms. The zero-order valence-corrected chi connectivity index (χ0v) is 10.1. The Morgan fingerprint density at radius 3 is 2.18 bits per heavy atom. The zero-order valence-electron chi connectivity index (χ0n) is 10.1. The Bertz CT molecular complexity index is 660. The van der Waals surface area contributed by atoms with Crippen LogP contribution in [0.15, 0.2) is 54.9 Å². The minimum absolute atomic E-state index is 1.28. The minimum Gasteiger partial charge on any atom is -0.356 e. The maximum absolute atomic E-state index is 2.25. The lowest BCUT2D eigenvalue weighted by molar-refractivity contribution is 0.933. The van der Waals surface area contributed by atoms with Crippen molar-refractivity contribution < 1.29 is 0 Å². The molecule has 2 aromatic carbocycles. The lowest BCUT2D eigenvalue weighted by atomic mass is 10.0. The molecule has 0 fully saturated rings. The second-order valence-corrected chi connectivity index (χ2v) is 4.63. The molecule has 0 radical (unpaired) electrons. The van der Waals surface area contributed by atoms with Crippen LogP contribution in [0.5, 0.6) is 0 Å². The van der Waals surface area contributed by atoms with Crippen molar-refractivity contribution in [3.05, 3.63) is 60.4 Å². The Morgan fingerprint density at radius 1 is 0.765 bits per heavy atom. The number of rotatable bonds is 1. The van der Waals surface area contributed by atoms with E-state index in [1.54, 1.807) is 0 Å². The van der Waals surface area contributed by atoms with Crippen molar-refractivity contribution in [1.82, 2.24) is 4.57 Å². The summed E-state index contributed by atoms with van der Waals surface area (Å²) in [6.45, 7) is 2.12. The molecule has 0 aliphatic heterocycles. The van der Waals surface area contributed by atoms with Crippen LogP contribution >= 0.6 is 0 Å². The van der Waals surface area contributed by atoms with E-state index in [9.17, 15) is 0 Å². The molecular weight excluding hydrogens is 206 g/mol. The minimum atomic E-state index is 1.28. The van der Waals surface area contributed by atoms with Crippen LogP contribution in [-0.2, 0) is 7.05 Å². The Hall–Kier alpha value is -2.02. The van der Waals surface area contributed by atoms with Crippen LogP contribution in [0, 0.1) is 6.92 Å². The smallest absolute Gasteiger partial charge is 0.0111 e. The molecule has 84 valence electrons. The number of fused-ring (bicyclic) bond motifs is 1. The topological polar surface area (TPSA) is 4.93 Å². The van der Waals surface area contributed by atoms with Crippen LogP contribution in [0.1, 0.15) is 5.56 Å². The van der Waals surface area contributed by atoms with Crippen molar-refractivity contribution in [2.45, 2.75) is 6.92 Å². The van der Waals surface area contributed by atoms with Crippen molar-refractivity contribution >= 4 is 10.8 Å². The van der Waals surface area contributed by atoms with Crippen molar-refractivity contribution in [1.29, 1.82) is 0 Å². The molecule has 0 saturated heterocycles. The fourth-order valence-corrected chi connectivity index (χ4v) is 2.21. The Labute approximate surface area is 101 Å². The van der Waals surface area contributed by atoms with E-state index in [2.05, 4.69) is 73.4 Å². The molecule has 0 amide bonds. The lowest BCUT2D eigenvalue weighted by Crippen LogP contribution is -1.78. The summed E-state index contributed by atoms with van der Waals surface area (Å²) in [4.78, 5) is 0. The Kier molecular flexibility index (Phi) is 2.25. The molecule has 1 heteroatoms. The van der Waals surface area contributed by atoms with Crippen LogP contribution in [0.4, 0.5) is 0 Å². The molecule has 1 heterocycles. The quantitative estimate of drug-likeness (QED) is 0.581. The number of aryl methyl sites for hydroxylation is 2. The molecule has 1 aromatic heterocycles. The summed E-state index contributed by atoms with van der Waals surface area (Å²) in [6.07, 6.45) is 4.31. The van der Waals surface area contributed by atoms with Gasteiger partial charge in [0.25, 0.3) is 0 Å². The average Bonchev–Trinajstić information content (AvgIpc) is 2.69. The average molecular weight is 221 g/mol. The summed E-state index contributed by atoms with van der Waals surface area (Å²) in [5.74, 6) is 0. The third kappa shape index (κ3) is 1.84. The second kappa shape index (κ2) is 3.77. The van der Waals surface area contributed by atoms with E-state index in [1.807, 2.05) is 0 Å². The molecule has 3 aromatic rings. The van der Waals surface area contributed by atoms with Crippen molar-refractivity contribution in [3.63, 3.8) is 0 Å². The van der Waals surface area contributed by atoms with Crippen molar-refractivity contribution in [2.75, 3.05) is 0 Å². The monoisotopic (exact) mass is 221 g/mol. The molecule has 0 saturated carbocycles. The van der Waals surface area contributed by atoms with E-state index in [0.29, 0.717) is 0 Å². The lowest BCUT2D eigenvalue weighted by Gasteiger charge is -2.02. The summed E-state index contributed by atoms with van der Waals surface area (Å²) in [5, 5.41) is 2.59. The van der Waals surface area contributed by atoms with Crippen LogP contribution in [0.3, 0.4) is 0 Å². The first-order valence-corrected chi connectivity index (χ1v) is 5.85. The summed E-state index contributed by atoms with van der Waals surface area (Å²) < 4.78 is 2.10. The number of hydrogen-bond donors (Lipinski definition) is 0. The van der Waals surface area contributed by atoms with E-state index < -0.39 is 0 Å². The number of nitrogens with zero attached hydrogens (tertiary/aromatic N) is 1. The summed E-state index contributed by atoms with van der Waals surface area (Å²) in [6, 6.07) is 15.3. The van der Waals surface area contributed by atoms with Gasteiger partial charge in [0.15, 0.2) is 0 Å². The van der Waals surface area contributed by atoms with Gasteiger partial charge in [-0.05, 0) is 34.9 Å². The molecule has 0 unspecified atom stereocenters. The highest BCUT2D eigenvalue weighted by Gasteiger charge is 2.00. The van der Waals surface area contributed by atoms with Gasteiger partial charge in [-0.3, -0.25) is 0 Å². The Balaban J connectivity index is 2.13. The van der Waals surface area contributed by atoms with Gasteiger partial charge in [-0.2, -0.15) is 0 Å². The molecular formula is C16H15N. The Morgan fingerprint density at radius 2 is 1.41 bits per heavy atom. The van der Waals surface area contributed by atoms with Crippen LogP contribution in [0.2, 0.25) is 0 Å². The highest BCUT2D eigenvalue weighted by atomic mass is 14.9. The number of benzene rings is 2. The summed E-state index contributed by atoms with van der Waals surface area (Å²) >= 11 is 0. The van der Waals surface area contributed by atoms with Crippen molar-refractivity contribution in [3.8, 4) is 11.1 Å². The largest absolute Gasteiger partial charge is 0.356 e. The molecule has 1 nitrogen and oxygen atoms in total. The van der Waals surface area contributed by atoms with Gasteiger partial charge in [-0.25, -0.2) is 0 Å². The first-order chi connectivity index (χ1) is 8.22. The zero-order chi connectivity index (χ0) is 11.8. The van der Waals surface area contributed by atoms with Gasteiger partial charge in [-0.1, -0.05) is 42.0 Å². The molecule has 0 N–H and O–H groups in total. The summed E-state index contributed by atoms with van der Waals surface area (Å²) in [7, 11) is 2.06. The predicted octanol–water partition coefficient (Wildman–Crippen LogP) is 4.15. The molecule has 0 aliphatic rings. The number of hydrogen-bond acceptors (Lipinski definition) is 0. The van der Waals surface area contributed by atoms with Gasteiger partial charge < -0.3 is 4.57 Å². The molecule has 0 bridgehead atoms. The van der Waals surface area contributed by atoms with Crippen LogP contribution < -0.4 is 0 Å². The molecule has 0 aliphatic carbocycles. The molecule has 17 heavy (non-hydrogen) atoms. The van der Waals surface area contributed by atoms with Gasteiger partial charge in [0.2, 0.25) is 0 Å². The predicted molar refractivity (Wildman–Crippen MR) is 73.1 cm³/mol. The van der Waals surface area contributed by atoms with E-state index >= 15 is 0 Å². The third-order valence-electron chi connectivity index (χ3n) is 3.16. The van der Waals surface area contributed by atoms with E-state index in [1.165, 1.54) is 27.5 Å². The van der Waals surface area contributed by atoms with Crippen LogP contribution in [-0.4, -0.2) is 4.57 Å². The first-order valence-electron chi connectivity index (χ1n) is 5.85. The standard InChI is InChI=1S/C16H15N/c1-12-3-5-13(6-4-12)14-7-8-15-10-17(2)11-16(15)9-14/h3-11H,1-2H3. The SMILES string of the molecule is Cc1ccc(-c2ccc3cn(C)cc3c2)cc1. The van der Waals surface area contributed by atoms with Crippen molar-refractivity contribution in [2.24, 2.45) is 7.05 Å². The van der Waals surface area contributed by atoms with Gasteiger partial charge in [-0.15, -0.1) is 0 Å². The maximum atomic E-state index is 2.25. The third-order valence-corrected chi connectivity index (χ3v) is 3.16. The van der Waals surface area contributed by atoms with Gasteiger partial charge in [0.05, 0.1) is 0 Å². The maximum Gasteiger partial charge on any atom is 0.0111 e.